The summed E-state index contributed by atoms with van der Waals surface area (Å²) in [6.45, 7) is 3.42. The fourth-order valence-corrected chi connectivity index (χ4v) is 0.809. The van der Waals surface area contributed by atoms with Gasteiger partial charge in [0.15, 0.2) is 12.0 Å². The molecule has 0 radical (unpaired) electrons. The van der Waals surface area contributed by atoms with E-state index in [2.05, 4.69) is 9.47 Å². The van der Waals surface area contributed by atoms with Crippen LogP contribution in [-0.2, 0) is 23.8 Å². The zero-order valence-corrected chi connectivity index (χ0v) is 10.3. The molecule has 0 unspecified atom stereocenters. The second kappa shape index (κ2) is 8.96. The van der Waals surface area contributed by atoms with Crippen LogP contribution in [0.1, 0.15) is 20.3 Å². The number of rotatable bonds is 5. The average Bonchev–Trinajstić information content (AvgIpc) is 2.16. The predicted molar refractivity (Wildman–Crippen MR) is 58.8 cm³/mol. The third kappa shape index (κ3) is 7.05. The number of nitrogens with one attached hydrogen (secondary N) is 1. The maximum Gasteiger partial charge on any atom is 0.346 e. The van der Waals surface area contributed by atoms with Crippen molar-refractivity contribution in [1.82, 2.24) is 0 Å². The van der Waals surface area contributed by atoms with Gasteiger partial charge in [0.25, 0.3) is 0 Å². The molecule has 16 heavy (non-hydrogen) atoms. The van der Waals surface area contributed by atoms with Crippen molar-refractivity contribution >= 4 is 30.2 Å². The summed E-state index contributed by atoms with van der Waals surface area (Å²) in [6, 6.07) is 0. The van der Waals surface area contributed by atoms with Gasteiger partial charge in [-0.1, -0.05) is 0 Å². The summed E-state index contributed by atoms with van der Waals surface area (Å²) >= 11 is 0. The van der Waals surface area contributed by atoms with Gasteiger partial charge in [0, 0.05) is 0 Å². The minimum Gasteiger partial charge on any atom is -0.481 e. The minimum absolute atomic E-state index is 0. The normalized spacial score (nSPS) is 10.7. The molecule has 6 nitrogen and oxygen atoms in total. The zero-order chi connectivity index (χ0) is 11.8. The predicted octanol–water partition coefficient (Wildman–Crippen LogP) is 0.917. The van der Waals surface area contributed by atoms with Gasteiger partial charge in [-0.25, -0.2) is 4.79 Å². The van der Waals surface area contributed by atoms with Crippen molar-refractivity contribution in [1.29, 1.82) is 5.41 Å². The van der Waals surface area contributed by atoms with Crippen molar-refractivity contribution in [3.8, 4) is 0 Å². The first-order chi connectivity index (χ1) is 7.01. The maximum absolute atomic E-state index is 11.1. The molecule has 0 spiro atoms. The van der Waals surface area contributed by atoms with Crippen molar-refractivity contribution in [2.45, 2.75) is 26.4 Å². The molecule has 7 heteroatoms. The van der Waals surface area contributed by atoms with Gasteiger partial charge in [-0.3, -0.25) is 10.2 Å². The molecule has 1 atom stereocenters. The Kier molecular flexibility index (Phi) is 9.58. The van der Waals surface area contributed by atoms with Crippen molar-refractivity contribution < 1.29 is 23.8 Å². The van der Waals surface area contributed by atoms with E-state index >= 15 is 0 Å². The number of hydrogen-bond acceptors (Lipinski definition) is 6. The van der Waals surface area contributed by atoms with E-state index in [9.17, 15) is 9.59 Å². The Hall–Kier alpha value is -1.30. The van der Waals surface area contributed by atoms with Gasteiger partial charge < -0.3 is 14.2 Å². The van der Waals surface area contributed by atoms with Crippen LogP contribution in [0.25, 0.3) is 0 Å². The molecule has 0 aromatic heterocycles. The molecule has 0 heterocycles. The highest BCUT2D eigenvalue weighted by Crippen LogP contribution is 1.98. The van der Waals surface area contributed by atoms with Crippen molar-refractivity contribution in [2.75, 3.05) is 13.7 Å². The van der Waals surface area contributed by atoms with Crippen molar-refractivity contribution in [3.05, 3.63) is 0 Å². The standard InChI is InChI=1S/C9H15NO5.ClH/c1-4-14-7(10)5-8(11)15-6(2)9(12)13-3;/h6,10H,4-5H2,1-3H3;1H/t6-;/m0./s1. The van der Waals surface area contributed by atoms with Crippen LogP contribution in [0.3, 0.4) is 0 Å². The summed E-state index contributed by atoms with van der Waals surface area (Å²) in [7, 11) is 1.20. The first kappa shape index (κ1) is 17.1. The second-order valence-corrected chi connectivity index (χ2v) is 2.69. The summed E-state index contributed by atoms with van der Waals surface area (Å²) in [6.07, 6.45) is -1.24. The number of methoxy groups -OCH3 is 1. The van der Waals surface area contributed by atoms with Gasteiger partial charge in [0.1, 0.15) is 6.42 Å². The van der Waals surface area contributed by atoms with Crippen LogP contribution in [-0.4, -0.2) is 37.7 Å². The number of ether oxygens (including phenoxy) is 3. The highest BCUT2D eigenvalue weighted by molar-refractivity contribution is 5.93. The molecule has 94 valence electrons. The fourth-order valence-electron chi connectivity index (χ4n) is 0.809. The van der Waals surface area contributed by atoms with Crippen LogP contribution in [0.5, 0.6) is 0 Å². The lowest BCUT2D eigenvalue weighted by Gasteiger charge is -2.11. The molecule has 0 saturated carbocycles. The Balaban J connectivity index is 0. The first-order valence-electron chi connectivity index (χ1n) is 4.48. The molecule has 0 rings (SSSR count). The van der Waals surface area contributed by atoms with Gasteiger partial charge in [0.2, 0.25) is 0 Å². The third-order valence-corrected chi connectivity index (χ3v) is 1.46. The van der Waals surface area contributed by atoms with E-state index in [0.717, 1.165) is 0 Å². The SMILES string of the molecule is CCOC(=N)CC(=O)O[C@@H](C)C(=O)OC.Cl. The van der Waals surface area contributed by atoms with Gasteiger partial charge in [-0.15, -0.1) is 12.4 Å². The molecule has 0 aromatic rings. The zero-order valence-electron chi connectivity index (χ0n) is 9.44. The van der Waals surface area contributed by atoms with E-state index in [1.54, 1.807) is 6.92 Å². The van der Waals surface area contributed by atoms with E-state index in [4.69, 9.17) is 10.1 Å². The lowest BCUT2D eigenvalue weighted by Crippen LogP contribution is -2.26. The Bertz CT molecular complexity index is 256. The maximum atomic E-state index is 11.1. The van der Waals surface area contributed by atoms with Crippen LogP contribution in [0.4, 0.5) is 0 Å². The lowest BCUT2D eigenvalue weighted by molar-refractivity contribution is -0.164. The van der Waals surface area contributed by atoms with Gasteiger partial charge in [0.05, 0.1) is 13.7 Å². The molecule has 0 aliphatic carbocycles. The minimum atomic E-state index is -0.961. The number of esters is 2. The number of carbonyl (C=O) groups is 2. The molecule has 0 aromatic carbocycles. The van der Waals surface area contributed by atoms with Gasteiger partial charge >= 0.3 is 11.9 Å². The lowest BCUT2D eigenvalue weighted by atomic mass is 10.4. The summed E-state index contributed by atoms with van der Waals surface area (Å²) in [5, 5.41) is 7.18. The van der Waals surface area contributed by atoms with E-state index in [1.807, 2.05) is 0 Å². The second-order valence-electron chi connectivity index (χ2n) is 2.69. The highest BCUT2D eigenvalue weighted by Gasteiger charge is 2.19. The van der Waals surface area contributed by atoms with E-state index in [1.165, 1.54) is 14.0 Å². The number of hydrogen-bond donors (Lipinski definition) is 1. The number of halogens is 1. The Labute approximate surface area is 100 Å². The van der Waals surface area contributed by atoms with Crippen molar-refractivity contribution in [3.63, 3.8) is 0 Å². The topological polar surface area (TPSA) is 85.7 Å². The largest absolute Gasteiger partial charge is 0.481 e. The average molecular weight is 254 g/mol. The third-order valence-electron chi connectivity index (χ3n) is 1.46. The molecular weight excluding hydrogens is 238 g/mol. The Morgan fingerprint density at radius 1 is 1.38 bits per heavy atom. The molecule has 0 bridgehead atoms. The Morgan fingerprint density at radius 3 is 2.38 bits per heavy atom. The molecular formula is C9H16ClNO5. The fraction of sp³-hybridized carbons (Fsp3) is 0.667. The quantitative estimate of drug-likeness (QED) is 0.447. The van der Waals surface area contributed by atoms with Crippen LogP contribution < -0.4 is 0 Å². The first-order valence-corrected chi connectivity index (χ1v) is 4.48. The van der Waals surface area contributed by atoms with Crippen LogP contribution in [0.15, 0.2) is 0 Å². The van der Waals surface area contributed by atoms with Crippen LogP contribution >= 0.6 is 12.4 Å². The Morgan fingerprint density at radius 2 is 1.94 bits per heavy atom. The molecule has 0 fully saturated rings. The summed E-state index contributed by atoms with van der Waals surface area (Å²) in [5.41, 5.74) is 0. The number of carbonyl (C=O) groups excluding carboxylic acids is 2. The summed E-state index contributed by atoms with van der Waals surface area (Å²) < 4.78 is 13.8. The molecule has 0 amide bonds. The smallest absolute Gasteiger partial charge is 0.346 e. The van der Waals surface area contributed by atoms with Crippen molar-refractivity contribution in [2.24, 2.45) is 0 Å². The van der Waals surface area contributed by atoms with E-state index in [0.29, 0.717) is 6.61 Å². The van der Waals surface area contributed by atoms with Crippen LogP contribution in [0.2, 0.25) is 0 Å². The van der Waals surface area contributed by atoms with E-state index in [-0.39, 0.29) is 24.7 Å². The summed E-state index contributed by atoms with van der Waals surface area (Å²) in [5.74, 6) is -1.50. The summed E-state index contributed by atoms with van der Waals surface area (Å²) in [4.78, 5) is 22.0. The van der Waals surface area contributed by atoms with E-state index < -0.39 is 18.0 Å². The van der Waals surface area contributed by atoms with Gasteiger partial charge in [-0.05, 0) is 13.8 Å². The molecule has 0 aliphatic rings. The molecule has 1 N–H and O–H groups in total. The highest BCUT2D eigenvalue weighted by atomic mass is 35.5. The monoisotopic (exact) mass is 253 g/mol. The van der Waals surface area contributed by atoms with Gasteiger partial charge in [-0.2, -0.15) is 0 Å². The molecule has 0 saturated heterocycles. The van der Waals surface area contributed by atoms with Crippen LogP contribution in [0, 0.1) is 5.41 Å². The molecule has 0 aliphatic heterocycles.